The molecule has 0 radical (unpaired) electrons. The Kier molecular flexibility index (Phi) is 3.12. The van der Waals surface area contributed by atoms with Gasteiger partial charge in [-0.05, 0) is 37.3 Å². The molecule has 0 saturated heterocycles. The number of nitrogens with one attached hydrogen (secondary N) is 2. The van der Waals surface area contributed by atoms with Crippen LogP contribution in [0.25, 0.3) is 11.0 Å². The Bertz CT molecular complexity index is 689. The van der Waals surface area contributed by atoms with Crippen molar-refractivity contribution in [3.8, 4) is 0 Å². The largest absolute Gasteiger partial charge is 0.324 e. The summed E-state index contributed by atoms with van der Waals surface area (Å²) in [5.41, 5.74) is 3.08. The predicted octanol–water partition coefficient (Wildman–Crippen LogP) is 3.74. The highest BCUT2D eigenvalue weighted by Crippen LogP contribution is 2.59. The van der Waals surface area contributed by atoms with Crippen LogP contribution in [0.5, 0.6) is 0 Å². The zero-order chi connectivity index (χ0) is 15.2. The monoisotopic (exact) mass is 283 g/mol. The van der Waals surface area contributed by atoms with Crippen LogP contribution in [0.1, 0.15) is 27.7 Å². The molecule has 2 unspecified atom stereocenters. The summed E-state index contributed by atoms with van der Waals surface area (Å²) in [6.45, 7) is 8.42. The van der Waals surface area contributed by atoms with Gasteiger partial charge in [0.25, 0.3) is 0 Å². The van der Waals surface area contributed by atoms with Gasteiger partial charge >= 0.3 is 0 Å². The zero-order valence-electron chi connectivity index (χ0n) is 12.9. The molecule has 1 aromatic heterocycles. The molecule has 0 aliphatic heterocycles. The summed E-state index contributed by atoms with van der Waals surface area (Å²) < 4.78 is 0. The number of carbonyl (C=O) groups is 1. The molecule has 1 aliphatic carbocycles. The third kappa shape index (κ3) is 2.46. The fraction of sp³-hybridized carbons (Fsp3) is 0.412. The Morgan fingerprint density at radius 1 is 1.33 bits per heavy atom. The second kappa shape index (κ2) is 4.72. The summed E-state index contributed by atoms with van der Waals surface area (Å²) in [5, 5.41) is 2.92. The van der Waals surface area contributed by atoms with Crippen LogP contribution < -0.4 is 5.32 Å². The summed E-state index contributed by atoms with van der Waals surface area (Å²) >= 11 is 0. The molecule has 0 spiro atoms. The first kappa shape index (κ1) is 13.9. The summed E-state index contributed by atoms with van der Waals surface area (Å²) in [6, 6.07) is 7.75. The number of aromatic nitrogens is 2. The van der Waals surface area contributed by atoms with Crippen molar-refractivity contribution >= 4 is 22.9 Å². The minimum absolute atomic E-state index is 0.0145. The fourth-order valence-electron chi connectivity index (χ4n) is 3.06. The number of nitrogens with zero attached hydrogens (tertiary/aromatic N) is 1. The van der Waals surface area contributed by atoms with Gasteiger partial charge in [-0.2, -0.15) is 0 Å². The number of hydrogen-bond acceptors (Lipinski definition) is 2. The maximum atomic E-state index is 12.5. The highest BCUT2D eigenvalue weighted by Gasteiger charge is 2.60. The van der Waals surface area contributed by atoms with Gasteiger partial charge in [-0.25, -0.2) is 4.98 Å². The molecule has 3 rings (SSSR count). The lowest BCUT2D eigenvalue weighted by atomic mass is 10.1. The smallest absolute Gasteiger partial charge is 0.230 e. The molecule has 1 saturated carbocycles. The first-order valence-electron chi connectivity index (χ1n) is 7.30. The number of rotatable bonds is 3. The van der Waals surface area contributed by atoms with E-state index in [2.05, 4.69) is 49.1 Å². The zero-order valence-corrected chi connectivity index (χ0v) is 12.9. The van der Waals surface area contributed by atoms with E-state index in [-0.39, 0.29) is 17.2 Å². The molecule has 2 N–H and O–H groups in total. The van der Waals surface area contributed by atoms with Crippen LogP contribution >= 0.6 is 0 Å². The highest BCUT2D eigenvalue weighted by molar-refractivity contribution is 5.95. The Balaban J connectivity index is 1.76. The van der Waals surface area contributed by atoms with E-state index >= 15 is 0 Å². The minimum atomic E-state index is 0.0145. The number of benzene rings is 1. The maximum Gasteiger partial charge on any atom is 0.230 e. The normalized spacial score (nSPS) is 22.9. The third-order valence-corrected chi connectivity index (χ3v) is 4.34. The van der Waals surface area contributed by atoms with Crippen LogP contribution in [0.4, 0.5) is 5.95 Å². The van der Waals surface area contributed by atoms with Gasteiger partial charge in [-0.15, -0.1) is 0 Å². The molecule has 110 valence electrons. The van der Waals surface area contributed by atoms with Crippen LogP contribution in [0, 0.1) is 17.3 Å². The molecule has 2 aromatic rings. The van der Waals surface area contributed by atoms with E-state index in [4.69, 9.17) is 0 Å². The summed E-state index contributed by atoms with van der Waals surface area (Å²) in [4.78, 5) is 20.0. The number of H-pyrrole nitrogens is 1. The highest BCUT2D eigenvalue weighted by atomic mass is 16.2. The number of carbonyl (C=O) groups excluding carboxylic acids is 1. The van der Waals surface area contributed by atoms with Crippen molar-refractivity contribution in [3.63, 3.8) is 0 Å². The number of aromatic amines is 1. The number of imidazole rings is 1. The third-order valence-electron chi connectivity index (χ3n) is 4.34. The number of allylic oxidation sites excluding steroid dienone is 2. The lowest BCUT2D eigenvalue weighted by molar-refractivity contribution is -0.118. The maximum absolute atomic E-state index is 12.5. The van der Waals surface area contributed by atoms with Gasteiger partial charge in [0, 0.05) is 0 Å². The standard InChI is InChI=1S/C17H21N3O/c1-10(2)9-11-14(17(11,3)4)15(21)20-16-18-12-7-5-6-8-13(12)19-16/h5-9,11,14H,1-4H3,(H2,18,19,20,21). The van der Waals surface area contributed by atoms with Crippen molar-refractivity contribution in [1.29, 1.82) is 0 Å². The fourth-order valence-corrected chi connectivity index (χ4v) is 3.06. The van der Waals surface area contributed by atoms with E-state index in [9.17, 15) is 4.79 Å². The number of anilines is 1. The predicted molar refractivity (Wildman–Crippen MR) is 84.9 cm³/mol. The molecule has 1 amide bonds. The Morgan fingerprint density at radius 3 is 2.71 bits per heavy atom. The van der Waals surface area contributed by atoms with Crippen LogP contribution in [-0.4, -0.2) is 15.9 Å². The van der Waals surface area contributed by atoms with Gasteiger partial charge in [0.1, 0.15) is 0 Å². The van der Waals surface area contributed by atoms with Crippen molar-refractivity contribution in [1.82, 2.24) is 9.97 Å². The lowest BCUT2D eigenvalue weighted by Gasteiger charge is -2.02. The molecule has 1 fully saturated rings. The lowest BCUT2D eigenvalue weighted by Crippen LogP contribution is -2.17. The molecular formula is C17H21N3O. The van der Waals surface area contributed by atoms with Gasteiger partial charge in [0.15, 0.2) is 0 Å². The SMILES string of the molecule is CC(C)=CC1C(C(=O)Nc2nc3ccccc3[nH]2)C1(C)C. The first-order valence-corrected chi connectivity index (χ1v) is 7.30. The van der Waals surface area contributed by atoms with E-state index in [1.54, 1.807) is 0 Å². The van der Waals surface area contributed by atoms with Crippen LogP contribution in [0.2, 0.25) is 0 Å². The molecule has 1 heterocycles. The molecule has 4 nitrogen and oxygen atoms in total. The van der Waals surface area contributed by atoms with Gasteiger partial charge < -0.3 is 4.98 Å². The van der Waals surface area contributed by atoms with Gasteiger partial charge in [0.2, 0.25) is 11.9 Å². The molecule has 2 atom stereocenters. The number of para-hydroxylation sites is 2. The molecule has 1 aromatic carbocycles. The van der Waals surface area contributed by atoms with E-state index in [0.29, 0.717) is 11.9 Å². The van der Waals surface area contributed by atoms with Crippen molar-refractivity contribution in [3.05, 3.63) is 35.9 Å². The van der Waals surface area contributed by atoms with Crippen molar-refractivity contribution in [2.45, 2.75) is 27.7 Å². The van der Waals surface area contributed by atoms with E-state index in [1.807, 2.05) is 24.3 Å². The van der Waals surface area contributed by atoms with Gasteiger partial charge in [-0.3, -0.25) is 10.1 Å². The van der Waals surface area contributed by atoms with E-state index in [0.717, 1.165) is 11.0 Å². The molecule has 0 bridgehead atoms. The topological polar surface area (TPSA) is 57.8 Å². The second-order valence-electron chi connectivity index (χ2n) is 6.66. The number of amides is 1. The average Bonchev–Trinajstić information content (AvgIpc) is 2.77. The van der Waals surface area contributed by atoms with Crippen molar-refractivity contribution in [2.75, 3.05) is 5.32 Å². The van der Waals surface area contributed by atoms with Gasteiger partial charge in [0.05, 0.1) is 17.0 Å². The number of fused-ring (bicyclic) bond motifs is 1. The van der Waals surface area contributed by atoms with Crippen molar-refractivity contribution < 1.29 is 4.79 Å². The van der Waals surface area contributed by atoms with E-state index in [1.165, 1.54) is 5.57 Å². The molecular weight excluding hydrogens is 262 g/mol. The van der Waals surface area contributed by atoms with Crippen LogP contribution in [-0.2, 0) is 4.79 Å². The summed E-state index contributed by atoms with van der Waals surface area (Å²) in [7, 11) is 0. The van der Waals surface area contributed by atoms with Crippen LogP contribution in [0.15, 0.2) is 35.9 Å². The Morgan fingerprint density at radius 2 is 2.05 bits per heavy atom. The molecule has 1 aliphatic rings. The summed E-state index contributed by atoms with van der Waals surface area (Å²) in [5.74, 6) is 0.897. The minimum Gasteiger partial charge on any atom is -0.324 e. The average molecular weight is 283 g/mol. The van der Waals surface area contributed by atoms with E-state index < -0.39 is 0 Å². The van der Waals surface area contributed by atoms with Crippen LogP contribution in [0.3, 0.4) is 0 Å². The second-order valence-corrected chi connectivity index (χ2v) is 6.66. The Hall–Kier alpha value is -2.10. The van der Waals surface area contributed by atoms with Crippen molar-refractivity contribution in [2.24, 2.45) is 17.3 Å². The van der Waals surface area contributed by atoms with Gasteiger partial charge in [-0.1, -0.05) is 37.6 Å². The summed E-state index contributed by atoms with van der Waals surface area (Å²) in [6.07, 6.45) is 2.20. The molecule has 21 heavy (non-hydrogen) atoms. The number of hydrogen-bond donors (Lipinski definition) is 2. The molecule has 4 heteroatoms. The quantitative estimate of drug-likeness (QED) is 0.843. The first-order chi connectivity index (χ1) is 9.89. The Labute approximate surface area is 124 Å².